The van der Waals surface area contributed by atoms with Crippen LogP contribution in [0.4, 0.5) is 4.39 Å². The molecule has 1 fully saturated rings. The summed E-state index contributed by atoms with van der Waals surface area (Å²) in [4.78, 5) is 13.2. The van der Waals surface area contributed by atoms with Gasteiger partial charge in [0.05, 0.1) is 5.57 Å². The first-order chi connectivity index (χ1) is 12.5. The second-order valence-corrected chi connectivity index (χ2v) is 7.03. The molecule has 1 saturated heterocycles. The molecule has 2 heterocycles. The number of hydrogen-bond acceptors (Lipinski definition) is 4. The van der Waals surface area contributed by atoms with Gasteiger partial charge in [-0.1, -0.05) is 30.3 Å². The topological polar surface area (TPSA) is 58.6 Å². The predicted octanol–water partition coefficient (Wildman–Crippen LogP) is 3.73. The van der Waals surface area contributed by atoms with Crippen LogP contribution in [0.3, 0.4) is 0 Å². The summed E-state index contributed by atoms with van der Waals surface area (Å²) in [5, 5.41) is 13.8. The lowest BCUT2D eigenvalue weighted by Crippen LogP contribution is -2.48. The van der Waals surface area contributed by atoms with Crippen molar-refractivity contribution < 1.29 is 19.0 Å². The van der Waals surface area contributed by atoms with Crippen molar-refractivity contribution in [3.05, 3.63) is 59.6 Å². The van der Waals surface area contributed by atoms with Gasteiger partial charge in [-0.05, 0) is 23.3 Å². The van der Waals surface area contributed by atoms with Gasteiger partial charge in [0.1, 0.15) is 17.1 Å². The molecular formula is C20H18FNO3S. The molecule has 4 rings (SSSR count). The summed E-state index contributed by atoms with van der Waals surface area (Å²) in [5.74, 6) is -0.573. The minimum Gasteiger partial charge on any atom is -0.509 e. The lowest BCUT2D eigenvalue weighted by Gasteiger charge is -2.33. The van der Waals surface area contributed by atoms with Crippen molar-refractivity contribution in [1.29, 1.82) is 0 Å². The number of amides is 1. The maximum Gasteiger partial charge on any atom is 0.256 e. The Morgan fingerprint density at radius 2 is 1.73 bits per heavy atom. The number of carbonyl (C=O) groups excluding carboxylic acids is 1. The zero-order chi connectivity index (χ0) is 18.3. The summed E-state index contributed by atoms with van der Waals surface area (Å²) in [7, 11) is 0. The fourth-order valence-corrected chi connectivity index (χ4v) is 4.01. The average molecular weight is 371 g/mol. The van der Waals surface area contributed by atoms with Crippen LogP contribution in [0.25, 0.3) is 16.7 Å². The molecule has 2 aliphatic rings. The molecular weight excluding hydrogens is 353 g/mol. The molecule has 1 amide bonds. The van der Waals surface area contributed by atoms with Crippen LogP contribution in [0.5, 0.6) is 0 Å². The van der Waals surface area contributed by atoms with E-state index >= 15 is 0 Å². The van der Waals surface area contributed by atoms with Crippen LogP contribution < -0.4 is 5.32 Å². The highest BCUT2D eigenvalue weighted by Crippen LogP contribution is 2.41. The van der Waals surface area contributed by atoms with Gasteiger partial charge in [-0.2, -0.15) is 0 Å². The fourth-order valence-electron chi connectivity index (χ4n) is 3.63. The van der Waals surface area contributed by atoms with Gasteiger partial charge < -0.3 is 15.2 Å². The SMILES string of the molecule is O=C1NC2(CCOCC2)C(O)=C1c1cccc(-c2ccc(F)cc2)c1S. The zero-order valence-electron chi connectivity index (χ0n) is 14.0. The highest BCUT2D eigenvalue weighted by Gasteiger charge is 2.47. The quantitative estimate of drug-likeness (QED) is 0.705. The molecule has 4 nitrogen and oxygen atoms in total. The number of halogens is 1. The molecule has 1 spiro atoms. The first kappa shape index (κ1) is 17.1. The highest BCUT2D eigenvalue weighted by atomic mass is 32.1. The van der Waals surface area contributed by atoms with E-state index in [1.165, 1.54) is 12.1 Å². The van der Waals surface area contributed by atoms with Gasteiger partial charge in [0.25, 0.3) is 5.91 Å². The van der Waals surface area contributed by atoms with Crippen molar-refractivity contribution in [3.63, 3.8) is 0 Å². The molecule has 2 aliphatic heterocycles. The molecule has 0 saturated carbocycles. The number of aliphatic hydroxyl groups is 1. The van der Waals surface area contributed by atoms with Crippen molar-refractivity contribution in [2.24, 2.45) is 0 Å². The van der Waals surface area contributed by atoms with Crippen LogP contribution in [0.2, 0.25) is 0 Å². The smallest absolute Gasteiger partial charge is 0.256 e. The third-order valence-electron chi connectivity index (χ3n) is 5.08. The molecule has 26 heavy (non-hydrogen) atoms. The third-order valence-corrected chi connectivity index (χ3v) is 5.56. The average Bonchev–Trinajstić information content (AvgIpc) is 2.87. The van der Waals surface area contributed by atoms with Gasteiger partial charge in [0, 0.05) is 36.5 Å². The van der Waals surface area contributed by atoms with Crippen molar-refractivity contribution in [3.8, 4) is 11.1 Å². The Bertz CT molecular complexity index is 902. The molecule has 0 aliphatic carbocycles. The van der Waals surface area contributed by atoms with Crippen molar-refractivity contribution in [1.82, 2.24) is 5.32 Å². The third kappa shape index (κ3) is 2.70. The van der Waals surface area contributed by atoms with E-state index in [9.17, 15) is 14.3 Å². The Morgan fingerprint density at radius 3 is 2.42 bits per heavy atom. The Morgan fingerprint density at radius 1 is 1.08 bits per heavy atom. The minimum atomic E-state index is -0.753. The summed E-state index contributed by atoms with van der Waals surface area (Å²) < 4.78 is 18.6. The largest absolute Gasteiger partial charge is 0.509 e. The van der Waals surface area contributed by atoms with Crippen LogP contribution in [0.15, 0.2) is 53.1 Å². The van der Waals surface area contributed by atoms with E-state index < -0.39 is 5.54 Å². The van der Waals surface area contributed by atoms with Gasteiger partial charge in [-0.3, -0.25) is 4.79 Å². The summed E-state index contributed by atoms with van der Waals surface area (Å²) >= 11 is 4.61. The van der Waals surface area contributed by atoms with E-state index in [0.29, 0.717) is 36.5 Å². The van der Waals surface area contributed by atoms with E-state index in [2.05, 4.69) is 17.9 Å². The number of hydrogen-bond donors (Lipinski definition) is 3. The van der Waals surface area contributed by atoms with Crippen LogP contribution in [-0.2, 0) is 9.53 Å². The molecule has 2 aromatic rings. The normalized spacial score (nSPS) is 19.1. The van der Waals surface area contributed by atoms with Gasteiger partial charge in [-0.25, -0.2) is 4.39 Å². The van der Waals surface area contributed by atoms with Crippen molar-refractivity contribution in [2.45, 2.75) is 23.3 Å². The van der Waals surface area contributed by atoms with E-state index in [4.69, 9.17) is 4.74 Å². The Labute approximate surface area is 156 Å². The van der Waals surface area contributed by atoms with Gasteiger partial charge in [-0.15, -0.1) is 12.6 Å². The molecule has 2 aromatic carbocycles. The number of nitrogens with one attached hydrogen (secondary N) is 1. The summed E-state index contributed by atoms with van der Waals surface area (Å²) in [5.41, 5.74) is 1.62. The number of rotatable bonds is 2. The molecule has 0 aromatic heterocycles. The number of carbonyl (C=O) groups is 1. The molecule has 2 N–H and O–H groups in total. The first-order valence-corrected chi connectivity index (χ1v) is 8.89. The number of thiol groups is 1. The molecule has 134 valence electrons. The van der Waals surface area contributed by atoms with Crippen LogP contribution >= 0.6 is 12.6 Å². The van der Waals surface area contributed by atoms with Crippen LogP contribution in [0.1, 0.15) is 18.4 Å². The first-order valence-electron chi connectivity index (χ1n) is 8.44. The standard InChI is InChI=1S/C20H18FNO3S/c21-13-6-4-12(5-7-13)14-2-1-3-15(17(14)26)16-18(23)20(22-19(16)24)8-10-25-11-9-20/h1-7,23,26H,8-11H2,(H,22,24). The van der Waals surface area contributed by atoms with Gasteiger partial charge >= 0.3 is 0 Å². The van der Waals surface area contributed by atoms with Crippen LogP contribution in [0, 0.1) is 5.82 Å². The van der Waals surface area contributed by atoms with Gasteiger partial charge in [0.15, 0.2) is 0 Å². The molecule has 0 bridgehead atoms. The monoisotopic (exact) mass is 371 g/mol. The minimum absolute atomic E-state index is 0.0531. The van der Waals surface area contributed by atoms with E-state index in [1.807, 2.05) is 6.07 Å². The maximum absolute atomic E-state index is 13.2. The zero-order valence-corrected chi connectivity index (χ0v) is 14.9. The molecule has 6 heteroatoms. The van der Waals surface area contributed by atoms with Crippen LogP contribution in [-0.4, -0.2) is 29.8 Å². The van der Waals surface area contributed by atoms with Gasteiger partial charge in [0.2, 0.25) is 0 Å². The fraction of sp³-hybridized carbons (Fsp3) is 0.250. The number of aliphatic hydroxyl groups excluding tert-OH is 1. The summed E-state index contributed by atoms with van der Waals surface area (Å²) in [6, 6.07) is 11.5. The predicted molar refractivity (Wildman–Crippen MR) is 99.6 cm³/mol. The van der Waals surface area contributed by atoms with Crippen molar-refractivity contribution in [2.75, 3.05) is 13.2 Å². The second kappa shape index (κ2) is 6.45. The number of benzene rings is 2. The summed E-state index contributed by atoms with van der Waals surface area (Å²) in [6.45, 7) is 0.974. The van der Waals surface area contributed by atoms with Crippen molar-refractivity contribution >= 4 is 24.1 Å². The molecule has 0 unspecified atom stereocenters. The Kier molecular flexibility index (Phi) is 4.25. The van der Waals surface area contributed by atoms with E-state index in [1.54, 1.807) is 24.3 Å². The van der Waals surface area contributed by atoms with E-state index in [-0.39, 0.29) is 23.1 Å². The molecule has 0 radical (unpaired) electrons. The lowest BCUT2D eigenvalue weighted by molar-refractivity contribution is -0.117. The maximum atomic E-state index is 13.2. The molecule has 0 atom stereocenters. The second-order valence-electron chi connectivity index (χ2n) is 6.58. The van der Waals surface area contributed by atoms with E-state index in [0.717, 1.165) is 11.1 Å². The Balaban J connectivity index is 1.82. The number of ether oxygens (including phenoxy) is 1. The summed E-state index contributed by atoms with van der Waals surface area (Å²) in [6.07, 6.45) is 1.07. The highest BCUT2D eigenvalue weighted by molar-refractivity contribution is 7.80. The lowest BCUT2D eigenvalue weighted by atomic mass is 9.87. The Hall–Kier alpha value is -2.31.